The molecule has 5 unspecified atom stereocenters. The van der Waals surface area contributed by atoms with E-state index in [1.165, 1.54) is 19.7 Å². The lowest BCUT2D eigenvalue weighted by Gasteiger charge is -2.34. The van der Waals surface area contributed by atoms with Gasteiger partial charge in [0.1, 0.15) is 6.04 Å². The molecule has 4 aliphatic rings. The summed E-state index contributed by atoms with van der Waals surface area (Å²) in [6.45, 7) is 13.6. The second-order valence-corrected chi connectivity index (χ2v) is 19.7. The molecule has 16 heteroatoms. The van der Waals surface area contributed by atoms with Crippen molar-refractivity contribution in [2.75, 3.05) is 70.9 Å². The third-order valence-electron chi connectivity index (χ3n) is 14.1. The summed E-state index contributed by atoms with van der Waals surface area (Å²) in [6, 6.07) is 21.4. The van der Waals surface area contributed by atoms with Crippen LogP contribution in [0.4, 0.5) is 22.7 Å². The van der Waals surface area contributed by atoms with Crippen molar-refractivity contribution in [3.63, 3.8) is 0 Å². The van der Waals surface area contributed by atoms with Crippen LogP contribution >= 0.6 is 0 Å². The molecule has 16 nitrogen and oxygen atoms in total. The molecular formula is C57H68N8O8. The van der Waals surface area contributed by atoms with Crippen LogP contribution in [0.5, 0.6) is 23.0 Å². The molecule has 1 saturated heterocycles. The van der Waals surface area contributed by atoms with E-state index in [-0.39, 0.29) is 60.5 Å². The molecule has 4 aromatic carbocycles. The number of anilines is 2. The minimum Gasteiger partial charge on any atom is -0.493 e. The molecule has 0 saturated carbocycles. The summed E-state index contributed by atoms with van der Waals surface area (Å²) in [5, 5.41) is 5.55. The molecule has 0 spiro atoms. The quantitative estimate of drug-likeness (QED) is 0.0465. The maximum Gasteiger partial charge on any atom is 0.260 e. The fourth-order valence-electron chi connectivity index (χ4n) is 9.38. The van der Waals surface area contributed by atoms with E-state index in [9.17, 15) is 19.2 Å². The number of nitrogens with two attached hydrogens (primary N) is 1. The number of ether oxygens (including phenoxy) is 4. The molecule has 4 aromatic rings. The number of likely N-dealkylation sites (N-methyl/N-ethyl adjacent to an activating group) is 1. The number of ketones is 1. The largest absolute Gasteiger partial charge is 0.493 e. The second kappa shape index (κ2) is 23.1. The van der Waals surface area contributed by atoms with Crippen LogP contribution in [0.15, 0.2) is 95.1 Å². The molecule has 384 valence electrons. The first kappa shape index (κ1) is 52.0. The molecule has 4 N–H and O–H groups in total. The summed E-state index contributed by atoms with van der Waals surface area (Å²) >= 11 is 0. The standard InChI is InChI=1S/C57H68N8O8/c1-34(2)54(58)56(68)61-36(4)55(67)62-43-14-10-38(11-15-43)40-24-35(3)41(25-40)31-59-48-29-52(50(70-7)27-46(48)37(5)66)72-22-9-23-73-53-30-49-47(28-51(53)71-8)57(69)65-33-42(26-45(65)32-60-49)39-12-16-44(17-13-39)64-20-18-63(6)19-21-64/h10-17,24,27-36,41,45,54H,9,18-23,25-26,58H2,1-8H3,(H,61,68)(H,62,67). The van der Waals surface area contributed by atoms with Crippen LogP contribution in [-0.4, -0.2) is 125 Å². The predicted octanol–water partition coefficient (Wildman–Crippen LogP) is 8.35. The van der Waals surface area contributed by atoms with Gasteiger partial charge in [0.15, 0.2) is 28.8 Å². The Morgan fingerprint density at radius 3 is 2.14 bits per heavy atom. The minimum absolute atomic E-state index is 0.0499. The molecule has 73 heavy (non-hydrogen) atoms. The molecule has 1 aliphatic carbocycles. The molecule has 3 aliphatic heterocycles. The van der Waals surface area contributed by atoms with Crippen LogP contribution in [0.3, 0.4) is 0 Å². The first-order valence-electron chi connectivity index (χ1n) is 25.1. The molecule has 3 amide bonds. The lowest BCUT2D eigenvalue weighted by atomic mass is 9.97. The van der Waals surface area contributed by atoms with Crippen LogP contribution in [0.1, 0.15) is 85.7 Å². The molecule has 5 atom stereocenters. The van der Waals surface area contributed by atoms with Crippen LogP contribution in [0, 0.1) is 17.8 Å². The molecular weight excluding hydrogens is 925 g/mol. The monoisotopic (exact) mass is 993 g/mol. The van der Waals surface area contributed by atoms with Gasteiger partial charge in [0.2, 0.25) is 11.8 Å². The van der Waals surface area contributed by atoms with E-state index in [0.717, 1.165) is 54.9 Å². The van der Waals surface area contributed by atoms with Gasteiger partial charge in [-0.1, -0.05) is 51.1 Å². The number of amides is 3. The van der Waals surface area contributed by atoms with E-state index < -0.39 is 12.1 Å². The van der Waals surface area contributed by atoms with E-state index in [1.807, 2.05) is 56.7 Å². The summed E-state index contributed by atoms with van der Waals surface area (Å²) in [7, 11) is 5.23. The van der Waals surface area contributed by atoms with E-state index in [2.05, 4.69) is 64.7 Å². The maximum atomic E-state index is 14.0. The number of fused-ring (bicyclic) bond motifs is 2. The number of carbonyl (C=O) groups is 4. The Hall–Kier alpha value is -7.30. The topological polar surface area (TPSA) is 190 Å². The Balaban J connectivity index is 0.852. The van der Waals surface area contributed by atoms with Crippen molar-refractivity contribution in [2.45, 2.75) is 72.0 Å². The van der Waals surface area contributed by atoms with Gasteiger partial charge in [-0.3, -0.25) is 29.2 Å². The van der Waals surface area contributed by atoms with Gasteiger partial charge in [0.25, 0.3) is 5.91 Å². The van der Waals surface area contributed by atoms with Crippen molar-refractivity contribution in [2.24, 2.45) is 33.5 Å². The molecule has 1 fully saturated rings. The normalized spacial score (nSPS) is 19.4. The number of piperazine rings is 1. The van der Waals surface area contributed by atoms with Gasteiger partial charge < -0.3 is 50.0 Å². The first-order valence-corrected chi connectivity index (χ1v) is 25.1. The van der Waals surface area contributed by atoms with Crippen LogP contribution in [0.25, 0.3) is 11.1 Å². The van der Waals surface area contributed by atoms with Crippen molar-refractivity contribution in [1.82, 2.24) is 15.1 Å². The number of nitrogens with one attached hydrogen (secondary N) is 2. The summed E-state index contributed by atoms with van der Waals surface area (Å²) in [6.07, 6.45) is 9.78. The first-order chi connectivity index (χ1) is 35.1. The van der Waals surface area contributed by atoms with Crippen molar-refractivity contribution in [1.29, 1.82) is 0 Å². The van der Waals surface area contributed by atoms with Gasteiger partial charge in [0, 0.05) is 92.6 Å². The van der Waals surface area contributed by atoms with Crippen LogP contribution < -0.4 is 40.2 Å². The number of carbonyl (C=O) groups excluding carboxylic acids is 4. The number of rotatable bonds is 19. The van der Waals surface area contributed by atoms with Gasteiger partial charge in [-0.2, -0.15) is 0 Å². The third kappa shape index (κ3) is 12.1. The van der Waals surface area contributed by atoms with Crippen molar-refractivity contribution in [3.8, 4) is 23.0 Å². The highest BCUT2D eigenvalue weighted by Crippen LogP contribution is 2.41. The number of allylic oxidation sites excluding steroid dienone is 2. The van der Waals surface area contributed by atoms with Crippen molar-refractivity contribution in [3.05, 3.63) is 107 Å². The van der Waals surface area contributed by atoms with Crippen LogP contribution in [0.2, 0.25) is 0 Å². The van der Waals surface area contributed by atoms with Crippen molar-refractivity contribution >= 4 is 69.8 Å². The van der Waals surface area contributed by atoms with Crippen LogP contribution in [-0.2, 0) is 9.59 Å². The smallest absolute Gasteiger partial charge is 0.260 e. The average Bonchev–Trinajstić information content (AvgIpc) is 3.96. The zero-order valence-corrected chi connectivity index (χ0v) is 43.1. The maximum absolute atomic E-state index is 14.0. The average molecular weight is 993 g/mol. The number of benzene rings is 4. The Morgan fingerprint density at radius 2 is 1.48 bits per heavy atom. The highest BCUT2D eigenvalue weighted by atomic mass is 16.5. The summed E-state index contributed by atoms with van der Waals surface area (Å²) < 4.78 is 23.8. The zero-order valence-electron chi connectivity index (χ0n) is 43.1. The SMILES string of the molecule is COc1cc(C(C)=O)c(N=CC2CC(c3ccc(NC(=O)C(C)NC(=O)C(N)C(C)C)cc3)=CC2C)cc1OCCCOc1cc2c(cc1OC)C(=O)N1C=C(c3ccc(N4CCN(C)CC4)cc3)CC1C=N2. The molecule has 0 radical (unpaired) electrons. The second-order valence-electron chi connectivity index (χ2n) is 19.7. The number of hydrogen-bond donors (Lipinski definition) is 3. The molecule has 3 heterocycles. The number of nitrogens with zero attached hydrogens (tertiary/aromatic N) is 5. The Morgan fingerprint density at radius 1 is 0.836 bits per heavy atom. The lowest BCUT2D eigenvalue weighted by molar-refractivity contribution is -0.127. The zero-order chi connectivity index (χ0) is 51.9. The molecule has 8 rings (SSSR count). The van der Waals surface area contributed by atoms with E-state index in [1.54, 1.807) is 43.2 Å². The highest BCUT2D eigenvalue weighted by molar-refractivity contribution is 6.05. The number of methoxy groups -OCH3 is 2. The molecule has 0 bridgehead atoms. The Kier molecular flexibility index (Phi) is 16.4. The minimum atomic E-state index is -0.754. The Labute approximate surface area is 428 Å². The summed E-state index contributed by atoms with van der Waals surface area (Å²) in [5.41, 5.74) is 14.0. The number of hydrogen-bond acceptors (Lipinski definition) is 13. The van der Waals surface area contributed by atoms with E-state index >= 15 is 0 Å². The summed E-state index contributed by atoms with van der Waals surface area (Å²) in [5.74, 6) is 0.916. The van der Waals surface area contributed by atoms with Gasteiger partial charge in [-0.15, -0.1) is 0 Å². The predicted molar refractivity (Wildman–Crippen MR) is 287 cm³/mol. The van der Waals surface area contributed by atoms with Crippen molar-refractivity contribution < 1.29 is 38.1 Å². The summed E-state index contributed by atoms with van der Waals surface area (Å²) in [4.78, 5) is 68.2. The highest BCUT2D eigenvalue weighted by Gasteiger charge is 2.34. The van der Waals surface area contributed by atoms with Gasteiger partial charge in [-0.25, -0.2) is 0 Å². The molecule has 0 aromatic heterocycles. The fraction of sp³-hybridized carbons (Fsp3) is 0.404. The lowest BCUT2D eigenvalue weighted by Crippen LogP contribution is -2.50. The van der Waals surface area contributed by atoms with E-state index in [4.69, 9.17) is 34.7 Å². The van der Waals surface area contributed by atoms with Gasteiger partial charge in [0.05, 0.1) is 56.5 Å². The number of aliphatic imine (C=N–C) groups is 2. The van der Waals surface area contributed by atoms with Gasteiger partial charge >= 0.3 is 0 Å². The fourth-order valence-corrected chi connectivity index (χ4v) is 9.38. The Bertz CT molecular complexity index is 2810. The van der Waals surface area contributed by atoms with Gasteiger partial charge in [-0.05, 0) is 97.8 Å². The number of Topliss-reactive ketones (excluding diaryl/α,β-unsaturated/α-hetero) is 1. The third-order valence-corrected chi connectivity index (χ3v) is 14.1. The van der Waals surface area contributed by atoms with E-state index in [0.29, 0.717) is 64.0 Å².